The van der Waals surface area contributed by atoms with Crippen LogP contribution < -0.4 is 10.6 Å². The molecule has 1 aromatic carbocycles. The molecule has 1 rings (SSSR count). The van der Waals surface area contributed by atoms with Crippen LogP contribution in [-0.2, 0) is 25.7 Å². The van der Waals surface area contributed by atoms with Crippen molar-refractivity contribution >= 4 is 18.0 Å². The Hall–Kier alpha value is -2.61. The zero-order chi connectivity index (χ0) is 17.2. The average molecular weight is 324 g/mol. The Labute approximate surface area is 133 Å². The summed E-state index contributed by atoms with van der Waals surface area (Å²) >= 11 is 0. The Morgan fingerprint density at radius 1 is 1.22 bits per heavy atom. The van der Waals surface area contributed by atoms with E-state index in [9.17, 15) is 19.5 Å². The molecular weight excluding hydrogens is 304 g/mol. The van der Waals surface area contributed by atoms with Gasteiger partial charge in [-0.15, -0.1) is 0 Å². The predicted octanol–water partition coefficient (Wildman–Crippen LogP) is -0.0486. The summed E-state index contributed by atoms with van der Waals surface area (Å²) in [5.41, 5.74) is 0.812. The highest BCUT2D eigenvalue weighted by Gasteiger charge is 2.26. The van der Waals surface area contributed by atoms with Crippen LogP contribution in [0.4, 0.5) is 4.79 Å². The summed E-state index contributed by atoms with van der Waals surface area (Å²) in [4.78, 5) is 34.5. The minimum atomic E-state index is -1.20. The van der Waals surface area contributed by atoms with Gasteiger partial charge in [-0.25, -0.2) is 9.59 Å². The van der Waals surface area contributed by atoms with Gasteiger partial charge in [0.2, 0.25) is 5.91 Å². The summed E-state index contributed by atoms with van der Waals surface area (Å²) in [5.74, 6) is -1.43. The van der Waals surface area contributed by atoms with Gasteiger partial charge < -0.3 is 25.2 Å². The normalized spacial score (nSPS) is 12.7. The van der Waals surface area contributed by atoms with Gasteiger partial charge in [-0.2, -0.15) is 0 Å². The Morgan fingerprint density at radius 3 is 2.43 bits per heavy atom. The summed E-state index contributed by atoms with van der Waals surface area (Å²) in [7, 11) is 1.14. The first-order valence-corrected chi connectivity index (χ1v) is 6.94. The Bertz CT molecular complexity index is 532. The monoisotopic (exact) mass is 324 g/mol. The van der Waals surface area contributed by atoms with E-state index in [0.717, 1.165) is 12.7 Å². The molecule has 0 aliphatic carbocycles. The highest BCUT2D eigenvalue weighted by molar-refractivity contribution is 5.87. The third-order valence-electron chi connectivity index (χ3n) is 2.86. The van der Waals surface area contributed by atoms with E-state index < -0.39 is 36.7 Å². The molecule has 0 aliphatic rings. The number of benzene rings is 1. The molecule has 0 bridgehead atoms. The van der Waals surface area contributed by atoms with Crippen molar-refractivity contribution in [2.75, 3.05) is 13.7 Å². The number of rotatable bonds is 7. The van der Waals surface area contributed by atoms with Crippen LogP contribution in [0.15, 0.2) is 30.3 Å². The molecule has 0 heterocycles. The molecule has 0 saturated carbocycles. The van der Waals surface area contributed by atoms with Crippen LogP contribution in [0.3, 0.4) is 0 Å². The molecule has 23 heavy (non-hydrogen) atoms. The number of hydrogen-bond donors (Lipinski definition) is 3. The summed E-state index contributed by atoms with van der Waals surface area (Å²) in [5, 5.41) is 13.9. The van der Waals surface area contributed by atoms with E-state index in [-0.39, 0.29) is 6.61 Å². The molecule has 2 atom stereocenters. The molecule has 2 amide bonds. The van der Waals surface area contributed by atoms with Crippen molar-refractivity contribution in [3.05, 3.63) is 35.9 Å². The fraction of sp³-hybridized carbons (Fsp3) is 0.400. The molecular formula is C15H20N2O6. The molecule has 0 aliphatic heterocycles. The third-order valence-corrected chi connectivity index (χ3v) is 2.86. The number of nitrogens with one attached hydrogen (secondary N) is 2. The second-order valence-electron chi connectivity index (χ2n) is 4.72. The van der Waals surface area contributed by atoms with Crippen LogP contribution in [0.2, 0.25) is 0 Å². The van der Waals surface area contributed by atoms with Crippen molar-refractivity contribution in [1.29, 1.82) is 0 Å². The van der Waals surface area contributed by atoms with Crippen molar-refractivity contribution < 1.29 is 29.0 Å². The minimum Gasteiger partial charge on any atom is -0.467 e. The quantitative estimate of drug-likeness (QED) is 0.606. The van der Waals surface area contributed by atoms with Crippen LogP contribution in [0.1, 0.15) is 12.5 Å². The summed E-state index contributed by atoms with van der Waals surface area (Å²) in [6.07, 6.45) is -1.90. The van der Waals surface area contributed by atoms with Crippen molar-refractivity contribution in [3.8, 4) is 0 Å². The lowest BCUT2D eigenvalue weighted by atomic mass is 10.2. The first-order chi connectivity index (χ1) is 10.9. The molecule has 1 unspecified atom stereocenters. The van der Waals surface area contributed by atoms with E-state index in [4.69, 9.17) is 4.74 Å². The van der Waals surface area contributed by atoms with Crippen molar-refractivity contribution in [2.24, 2.45) is 0 Å². The van der Waals surface area contributed by atoms with Gasteiger partial charge in [-0.05, 0) is 12.5 Å². The Morgan fingerprint density at radius 2 is 1.87 bits per heavy atom. The van der Waals surface area contributed by atoms with Gasteiger partial charge in [0.1, 0.15) is 13.2 Å². The number of amides is 2. The zero-order valence-corrected chi connectivity index (χ0v) is 12.9. The van der Waals surface area contributed by atoms with E-state index in [1.54, 1.807) is 12.1 Å². The van der Waals surface area contributed by atoms with E-state index in [0.29, 0.717) is 0 Å². The number of esters is 1. The van der Waals surface area contributed by atoms with Crippen LogP contribution >= 0.6 is 0 Å². The number of alkyl carbamates (subject to hydrolysis) is 1. The molecule has 0 fully saturated rings. The van der Waals surface area contributed by atoms with E-state index in [1.165, 1.54) is 6.92 Å². The van der Waals surface area contributed by atoms with Crippen LogP contribution in [0.25, 0.3) is 0 Å². The van der Waals surface area contributed by atoms with Crippen molar-refractivity contribution in [1.82, 2.24) is 10.6 Å². The number of ether oxygens (including phenoxy) is 2. The molecule has 1 aromatic rings. The number of carbonyl (C=O) groups excluding carboxylic acids is 3. The maximum Gasteiger partial charge on any atom is 0.407 e. The van der Waals surface area contributed by atoms with Gasteiger partial charge in [0.05, 0.1) is 13.2 Å². The molecule has 0 spiro atoms. The zero-order valence-electron chi connectivity index (χ0n) is 12.9. The van der Waals surface area contributed by atoms with Crippen molar-refractivity contribution in [3.63, 3.8) is 0 Å². The SMILES string of the molecule is COC(=O)[C@H](NC(=O)CNC(=O)OCc1ccccc1)C(C)O. The summed E-state index contributed by atoms with van der Waals surface area (Å²) in [6, 6.07) is 7.86. The Kier molecular flexibility index (Phi) is 7.55. The average Bonchev–Trinajstić information content (AvgIpc) is 2.55. The molecule has 8 nitrogen and oxygen atoms in total. The van der Waals surface area contributed by atoms with Crippen molar-refractivity contribution in [2.45, 2.75) is 25.7 Å². The molecule has 8 heteroatoms. The smallest absolute Gasteiger partial charge is 0.407 e. The maximum atomic E-state index is 11.7. The minimum absolute atomic E-state index is 0.0761. The van der Waals surface area contributed by atoms with Crippen LogP contribution in [0.5, 0.6) is 0 Å². The van der Waals surface area contributed by atoms with E-state index >= 15 is 0 Å². The predicted molar refractivity (Wildman–Crippen MR) is 80.3 cm³/mol. The van der Waals surface area contributed by atoms with Gasteiger partial charge in [0, 0.05) is 0 Å². The second-order valence-corrected chi connectivity index (χ2v) is 4.72. The second kappa shape index (κ2) is 9.42. The molecule has 0 radical (unpaired) electrons. The maximum absolute atomic E-state index is 11.7. The first-order valence-electron chi connectivity index (χ1n) is 6.94. The van der Waals surface area contributed by atoms with E-state index in [2.05, 4.69) is 15.4 Å². The van der Waals surface area contributed by atoms with Crippen LogP contribution in [-0.4, -0.2) is 48.9 Å². The highest BCUT2D eigenvalue weighted by atomic mass is 16.5. The number of aliphatic hydroxyl groups is 1. The number of carbonyl (C=O) groups is 3. The van der Waals surface area contributed by atoms with Gasteiger partial charge >= 0.3 is 12.1 Å². The van der Waals surface area contributed by atoms with Gasteiger partial charge in [0.25, 0.3) is 0 Å². The lowest BCUT2D eigenvalue weighted by Gasteiger charge is -2.18. The number of methoxy groups -OCH3 is 1. The van der Waals surface area contributed by atoms with Gasteiger partial charge in [-0.1, -0.05) is 30.3 Å². The topological polar surface area (TPSA) is 114 Å². The largest absolute Gasteiger partial charge is 0.467 e. The lowest BCUT2D eigenvalue weighted by molar-refractivity contribution is -0.147. The van der Waals surface area contributed by atoms with Gasteiger partial charge in [0.15, 0.2) is 6.04 Å². The molecule has 0 aromatic heterocycles. The molecule has 0 saturated heterocycles. The lowest BCUT2D eigenvalue weighted by Crippen LogP contribution is -2.51. The molecule has 126 valence electrons. The first kappa shape index (κ1) is 18.4. The highest BCUT2D eigenvalue weighted by Crippen LogP contribution is 2.00. The summed E-state index contributed by atoms with van der Waals surface area (Å²) in [6.45, 7) is 1.02. The fourth-order valence-corrected chi connectivity index (χ4v) is 1.65. The number of aliphatic hydroxyl groups excluding tert-OH is 1. The Balaban J connectivity index is 2.34. The summed E-state index contributed by atoms with van der Waals surface area (Å²) < 4.78 is 9.39. The molecule has 3 N–H and O–H groups in total. The van der Waals surface area contributed by atoms with Gasteiger partial charge in [-0.3, -0.25) is 4.79 Å². The third kappa shape index (κ3) is 6.79. The number of hydrogen-bond acceptors (Lipinski definition) is 6. The standard InChI is InChI=1S/C15H20N2O6/c1-10(18)13(14(20)22-2)17-12(19)8-16-15(21)23-9-11-6-4-3-5-7-11/h3-7,10,13,18H,8-9H2,1-2H3,(H,16,21)(H,17,19)/t10?,13-/m1/s1. The van der Waals surface area contributed by atoms with Crippen LogP contribution in [0, 0.1) is 0 Å². The van der Waals surface area contributed by atoms with E-state index in [1.807, 2.05) is 18.2 Å². The fourth-order valence-electron chi connectivity index (χ4n) is 1.65.